The van der Waals surface area contributed by atoms with Gasteiger partial charge in [0, 0.05) is 30.1 Å². The van der Waals surface area contributed by atoms with E-state index in [4.69, 9.17) is 30.5 Å². The lowest BCUT2D eigenvalue weighted by Gasteiger charge is -2.41. The Kier molecular flexibility index (Phi) is 8.06. The third-order valence-corrected chi connectivity index (χ3v) is 6.87. The molecule has 3 heterocycles. The van der Waals surface area contributed by atoms with Crippen LogP contribution < -0.4 is 14.8 Å². The number of carbonyl (C=O) groups is 1. The van der Waals surface area contributed by atoms with Crippen LogP contribution in [0.4, 0.5) is 15.9 Å². The Bertz CT molecular complexity index is 1350. The van der Waals surface area contributed by atoms with Crippen molar-refractivity contribution < 1.29 is 28.1 Å². The third-order valence-electron chi connectivity index (χ3n) is 6.58. The van der Waals surface area contributed by atoms with Crippen molar-refractivity contribution in [1.29, 1.82) is 0 Å². The minimum Gasteiger partial charge on any atom is -0.484 e. The number of cyclic esters (lactones) is 1. The molecule has 1 N–H and O–H groups in total. The molecule has 0 spiro atoms. The Labute approximate surface area is 231 Å². The second kappa shape index (κ2) is 11.5. The van der Waals surface area contributed by atoms with Crippen LogP contribution >= 0.6 is 11.6 Å². The summed E-state index contributed by atoms with van der Waals surface area (Å²) in [6.07, 6.45) is 3.25. The van der Waals surface area contributed by atoms with Gasteiger partial charge in [-0.15, -0.1) is 0 Å². The van der Waals surface area contributed by atoms with Gasteiger partial charge in [0.2, 0.25) is 0 Å². The number of morpholine rings is 1. The van der Waals surface area contributed by atoms with E-state index in [9.17, 15) is 9.18 Å². The topological polar surface area (TPSA) is 95.0 Å². The Morgan fingerprint density at radius 1 is 1.26 bits per heavy atom. The summed E-state index contributed by atoms with van der Waals surface area (Å²) >= 11 is 5.98. The standard InChI is InChI=1S/C28H32ClFN4O5/c1-4-5-25(34-13-26(35)39-28(2,3)15-34)38-23-11-19-22(12-24(23)37-18-8-9-36-14-18)31-16-32-27(19)33-17-6-7-21(30)20(29)10-17/h6-7,10-12,16,18,25H,4-5,8-9,13-15H2,1-3H3,(H,31,32,33). The van der Waals surface area contributed by atoms with Crippen molar-refractivity contribution in [2.45, 2.75) is 58.0 Å². The molecule has 0 amide bonds. The molecule has 9 nitrogen and oxygen atoms in total. The number of esters is 1. The average molecular weight is 559 g/mol. The van der Waals surface area contributed by atoms with Crippen LogP contribution in [0.5, 0.6) is 11.5 Å². The van der Waals surface area contributed by atoms with Gasteiger partial charge in [0.05, 0.1) is 30.3 Å². The van der Waals surface area contributed by atoms with Crippen LogP contribution in [0.25, 0.3) is 10.9 Å². The largest absolute Gasteiger partial charge is 0.484 e. The molecule has 2 aromatic carbocycles. The lowest BCUT2D eigenvalue weighted by Crippen LogP contribution is -2.55. The highest BCUT2D eigenvalue weighted by Gasteiger charge is 2.37. The van der Waals surface area contributed by atoms with E-state index in [-0.39, 0.29) is 23.6 Å². The summed E-state index contributed by atoms with van der Waals surface area (Å²) in [6.45, 7) is 7.64. The van der Waals surface area contributed by atoms with Gasteiger partial charge in [-0.3, -0.25) is 9.69 Å². The van der Waals surface area contributed by atoms with E-state index in [2.05, 4.69) is 22.2 Å². The van der Waals surface area contributed by atoms with Gasteiger partial charge in [0.1, 0.15) is 29.7 Å². The molecular formula is C28H32ClFN4O5. The average Bonchev–Trinajstić information content (AvgIpc) is 3.38. The number of anilines is 2. The predicted molar refractivity (Wildman–Crippen MR) is 145 cm³/mol. The van der Waals surface area contributed by atoms with Gasteiger partial charge in [-0.1, -0.05) is 24.9 Å². The minimum atomic E-state index is -0.629. The van der Waals surface area contributed by atoms with Crippen LogP contribution in [0, 0.1) is 5.82 Å². The Hall–Kier alpha value is -3.21. The number of aromatic nitrogens is 2. The number of nitrogens with one attached hydrogen (secondary N) is 1. The monoisotopic (exact) mass is 558 g/mol. The van der Waals surface area contributed by atoms with E-state index < -0.39 is 17.6 Å². The Balaban J connectivity index is 1.52. The van der Waals surface area contributed by atoms with Crippen molar-refractivity contribution in [3.05, 3.63) is 47.5 Å². The first kappa shape index (κ1) is 27.4. The van der Waals surface area contributed by atoms with Crippen molar-refractivity contribution in [2.24, 2.45) is 0 Å². The zero-order chi connectivity index (χ0) is 27.6. The number of halogens is 2. The molecule has 2 atom stereocenters. The fraction of sp³-hybridized carbons (Fsp3) is 0.464. The summed E-state index contributed by atoms with van der Waals surface area (Å²) in [5.74, 6) is 0.742. The lowest BCUT2D eigenvalue weighted by molar-refractivity contribution is -0.177. The van der Waals surface area contributed by atoms with E-state index >= 15 is 0 Å². The molecule has 0 aliphatic carbocycles. The molecule has 2 aliphatic heterocycles. The number of carbonyl (C=O) groups excluding carboxylic acids is 1. The van der Waals surface area contributed by atoms with Crippen LogP contribution in [0.15, 0.2) is 36.7 Å². The van der Waals surface area contributed by atoms with E-state index in [1.54, 1.807) is 6.07 Å². The van der Waals surface area contributed by atoms with Crippen LogP contribution in [0.1, 0.15) is 40.0 Å². The summed E-state index contributed by atoms with van der Waals surface area (Å²) in [6, 6.07) is 8.03. The molecular weight excluding hydrogens is 527 g/mol. The molecule has 0 bridgehead atoms. The summed E-state index contributed by atoms with van der Waals surface area (Å²) < 4.78 is 37.7. The first-order valence-corrected chi connectivity index (χ1v) is 13.5. The molecule has 0 saturated carbocycles. The maximum absolute atomic E-state index is 13.7. The van der Waals surface area contributed by atoms with Gasteiger partial charge in [-0.2, -0.15) is 0 Å². The second-order valence-corrected chi connectivity index (χ2v) is 10.8. The highest BCUT2D eigenvalue weighted by Crippen LogP contribution is 2.38. The number of benzene rings is 2. The fourth-order valence-corrected chi connectivity index (χ4v) is 5.02. The zero-order valence-electron chi connectivity index (χ0n) is 22.2. The normalized spacial score (nSPS) is 20.0. The summed E-state index contributed by atoms with van der Waals surface area (Å²) in [5.41, 5.74) is 0.581. The van der Waals surface area contributed by atoms with Crippen molar-refractivity contribution in [2.75, 3.05) is 31.6 Å². The van der Waals surface area contributed by atoms with E-state index in [1.807, 2.05) is 30.9 Å². The Morgan fingerprint density at radius 2 is 2.10 bits per heavy atom. The van der Waals surface area contributed by atoms with Gasteiger partial charge in [-0.25, -0.2) is 14.4 Å². The van der Waals surface area contributed by atoms with Gasteiger partial charge < -0.3 is 24.3 Å². The summed E-state index contributed by atoms with van der Waals surface area (Å²) in [7, 11) is 0. The molecule has 5 rings (SSSR count). The zero-order valence-corrected chi connectivity index (χ0v) is 23.0. The van der Waals surface area contributed by atoms with Crippen LogP contribution in [0.2, 0.25) is 5.02 Å². The molecule has 1 aromatic heterocycles. The maximum Gasteiger partial charge on any atom is 0.320 e. The molecule has 39 heavy (non-hydrogen) atoms. The number of hydrogen-bond acceptors (Lipinski definition) is 9. The molecule has 2 saturated heterocycles. The van der Waals surface area contributed by atoms with Crippen molar-refractivity contribution in [3.63, 3.8) is 0 Å². The first-order chi connectivity index (χ1) is 18.7. The smallest absolute Gasteiger partial charge is 0.320 e. The molecule has 11 heteroatoms. The number of hydrogen-bond donors (Lipinski definition) is 1. The molecule has 0 radical (unpaired) electrons. The van der Waals surface area contributed by atoms with Crippen LogP contribution in [-0.2, 0) is 14.3 Å². The summed E-state index contributed by atoms with van der Waals surface area (Å²) in [4.78, 5) is 23.2. The predicted octanol–water partition coefficient (Wildman–Crippen LogP) is 5.48. The van der Waals surface area contributed by atoms with Crippen molar-refractivity contribution in [1.82, 2.24) is 14.9 Å². The van der Waals surface area contributed by atoms with E-state index in [0.29, 0.717) is 60.1 Å². The first-order valence-electron chi connectivity index (χ1n) is 13.1. The van der Waals surface area contributed by atoms with Gasteiger partial charge in [-0.05, 0) is 44.5 Å². The van der Waals surface area contributed by atoms with Crippen molar-refractivity contribution >= 4 is 40.0 Å². The number of fused-ring (bicyclic) bond motifs is 1. The van der Waals surface area contributed by atoms with Gasteiger partial charge >= 0.3 is 5.97 Å². The third kappa shape index (κ3) is 6.51. The second-order valence-electron chi connectivity index (χ2n) is 10.4. The Morgan fingerprint density at radius 3 is 2.82 bits per heavy atom. The van der Waals surface area contributed by atoms with Crippen molar-refractivity contribution in [3.8, 4) is 11.5 Å². The summed E-state index contributed by atoms with van der Waals surface area (Å²) in [5, 5.41) is 3.88. The minimum absolute atomic E-state index is 0.00208. The fourth-order valence-electron chi connectivity index (χ4n) is 4.84. The van der Waals surface area contributed by atoms with Gasteiger partial charge in [0.15, 0.2) is 17.7 Å². The molecule has 3 aromatic rings. The van der Waals surface area contributed by atoms with E-state index in [0.717, 1.165) is 12.8 Å². The molecule has 2 unspecified atom stereocenters. The maximum atomic E-state index is 13.7. The van der Waals surface area contributed by atoms with Crippen LogP contribution in [-0.4, -0.2) is 65.1 Å². The van der Waals surface area contributed by atoms with Gasteiger partial charge in [0.25, 0.3) is 0 Å². The number of rotatable bonds is 9. The highest BCUT2D eigenvalue weighted by molar-refractivity contribution is 6.31. The molecule has 2 aliphatic rings. The number of nitrogens with zero attached hydrogens (tertiary/aromatic N) is 3. The highest BCUT2D eigenvalue weighted by atomic mass is 35.5. The molecule has 208 valence electrons. The SMILES string of the molecule is CCCC(Oc1cc2c(Nc3ccc(F)c(Cl)c3)ncnc2cc1OC1CCOC1)N1CC(=O)OC(C)(C)C1. The quantitative estimate of drug-likeness (QED) is 0.343. The van der Waals surface area contributed by atoms with Crippen LogP contribution in [0.3, 0.4) is 0 Å². The lowest BCUT2D eigenvalue weighted by atomic mass is 10.1. The number of ether oxygens (including phenoxy) is 4. The molecule has 2 fully saturated rings. The van der Waals surface area contributed by atoms with E-state index in [1.165, 1.54) is 18.5 Å².